The lowest BCUT2D eigenvalue weighted by molar-refractivity contribution is 0.0263. The van der Waals surface area contributed by atoms with Crippen LogP contribution in [0.25, 0.3) is 11.0 Å². The second kappa shape index (κ2) is 8.38. The van der Waals surface area contributed by atoms with E-state index in [0.29, 0.717) is 13.1 Å². The molecule has 0 radical (unpaired) electrons. The molecule has 3 aromatic rings. The van der Waals surface area contributed by atoms with Gasteiger partial charge in [-0.1, -0.05) is 12.1 Å². The largest absolute Gasteiger partial charge is 0.444 e. The number of fused-ring (bicyclic) bond motifs is 1. The third-order valence-electron chi connectivity index (χ3n) is 5.21. The van der Waals surface area contributed by atoms with Gasteiger partial charge in [-0.3, -0.25) is 0 Å². The van der Waals surface area contributed by atoms with Gasteiger partial charge in [-0.15, -0.1) is 0 Å². The molecule has 2 aromatic heterocycles. The predicted octanol–water partition coefficient (Wildman–Crippen LogP) is 3.38. The number of imidazole rings is 2. The number of para-hydroxylation sites is 2. The molecule has 0 unspecified atom stereocenters. The highest BCUT2D eigenvalue weighted by atomic mass is 16.6. The molecular formula is C22H30N6O2. The SMILES string of the molecule is CC(C)(C)OC(=O)N1CCCN(c2nc3ccccc3n2CCn2ccnc2)CC1. The van der Waals surface area contributed by atoms with Crippen LogP contribution in [0.15, 0.2) is 43.0 Å². The number of anilines is 1. The zero-order valence-corrected chi connectivity index (χ0v) is 18.0. The van der Waals surface area contributed by atoms with Gasteiger partial charge < -0.3 is 23.7 Å². The van der Waals surface area contributed by atoms with Crippen molar-refractivity contribution in [1.82, 2.24) is 24.0 Å². The molecule has 8 nitrogen and oxygen atoms in total. The fourth-order valence-corrected chi connectivity index (χ4v) is 3.79. The third-order valence-corrected chi connectivity index (χ3v) is 5.21. The van der Waals surface area contributed by atoms with E-state index >= 15 is 0 Å². The minimum absolute atomic E-state index is 0.238. The number of hydrogen-bond acceptors (Lipinski definition) is 5. The predicted molar refractivity (Wildman–Crippen MR) is 117 cm³/mol. The van der Waals surface area contributed by atoms with Crippen LogP contribution in [-0.2, 0) is 17.8 Å². The van der Waals surface area contributed by atoms with Crippen molar-refractivity contribution in [3.8, 4) is 0 Å². The number of rotatable bonds is 4. The summed E-state index contributed by atoms with van der Waals surface area (Å²) < 4.78 is 9.92. The van der Waals surface area contributed by atoms with E-state index in [1.807, 2.05) is 50.3 Å². The summed E-state index contributed by atoms with van der Waals surface area (Å²) in [6.07, 6.45) is 6.25. The van der Waals surface area contributed by atoms with E-state index in [4.69, 9.17) is 9.72 Å². The third kappa shape index (κ3) is 4.58. The fraction of sp³-hybridized carbons (Fsp3) is 0.500. The van der Waals surface area contributed by atoms with Crippen LogP contribution in [0.3, 0.4) is 0 Å². The standard InChI is InChI=1S/C22H30N6O2/c1-22(2,3)30-21(29)27-11-6-10-26(14-15-27)20-24-18-7-4-5-8-19(18)28(20)16-13-25-12-9-23-17-25/h4-5,7-9,12,17H,6,10-11,13-16H2,1-3H3. The Morgan fingerprint density at radius 2 is 1.93 bits per heavy atom. The summed E-state index contributed by atoms with van der Waals surface area (Å²) in [7, 11) is 0. The summed E-state index contributed by atoms with van der Waals surface area (Å²) in [6.45, 7) is 10.2. The molecule has 0 bridgehead atoms. The molecule has 8 heteroatoms. The molecule has 4 rings (SSSR count). The van der Waals surface area contributed by atoms with Crippen molar-refractivity contribution in [2.24, 2.45) is 0 Å². The molecule has 0 N–H and O–H groups in total. The molecule has 1 aliphatic rings. The molecule has 3 heterocycles. The van der Waals surface area contributed by atoms with Gasteiger partial charge in [0.15, 0.2) is 0 Å². The van der Waals surface area contributed by atoms with Gasteiger partial charge in [-0.25, -0.2) is 14.8 Å². The van der Waals surface area contributed by atoms with E-state index < -0.39 is 5.60 Å². The van der Waals surface area contributed by atoms with Gasteiger partial charge in [-0.2, -0.15) is 0 Å². The van der Waals surface area contributed by atoms with E-state index in [-0.39, 0.29) is 6.09 Å². The summed E-state index contributed by atoms with van der Waals surface area (Å²) in [5.74, 6) is 0.961. The second-order valence-electron chi connectivity index (χ2n) is 8.66. The topological polar surface area (TPSA) is 68.4 Å². The lowest BCUT2D eigenvalue weighted by Crippen LogP contribution is -2.39. The smallest absolute Gasteiger partial charge is 0.410 e. The van der Waals surface area contributed by atoms with Crippen molar-refractivity contribution < 1.29 is 9.53 Å². The number of carbonyl (C=O) groups excluding carboxylic acids is 1. The number of aromatic nitrogens is 4. The molecule has 0 atom stereocenters. The van der Waals surface area contributed by atoms with Gasteiger partial charge in [0, 0.05) is 51.7 Å². The zero-order chi connectivity index (χ0) is 21.1. The number of hydrogen-bond donors (Lipinski definition) is 0. The van der Waals surface area contributed by atoms with Gasteiger partial charge in [0.25, 0.3) is 0 Å². The average Bonchev–Trinajstić information content (AvgIpc) is 3.26. The maximum atomic E-state index is 12.5. The van der Waals surface area contributed by atoms with Crippen LogP contribution in [0.1, 0.15) is 27.2 Å². The van der Waals surface area contributed by atoms with E-state index in [1.165, 1.54) is 0 Å². The van der Waals surface area contributed by atoms with Crippen LogP contribution < -0.4 is 4.90 Å². The van der Waals surface area contributed by atoms with Crippen LogP contribution in [0.4, 0.5) is 10.7 Å². The Morgan fingerprint density at radius 1 is 1.10 bits per heavy atom. The molecule has 1 saturated heterocycles. The lowest BCUT2D eigenvalue weighted by atomic mass is 10.2. The minimum Gasteiger partial charge on any atom is -0.444 e. The highest BCUT2D eigenvalue weighted by Crippen LogP contribution is 2.24. The van der Waals surface area contributed by atoms with Gasteiger partial charge in [0.05, 0.1) is 17.4 Å². The normalized spacial score (nSPS) is 15.4. The van der Waals surface area contributed by atoms with Crippen molar-refractivity contribution in [2.75, 3.05) is 31.1 Å². The molecule has 1 fully saturated rings. The Labute approximate surface area is 177 Å². The minimum atomic E-state index is -0.482. The Balaban J connectivity index is 1.53. The van der Waals surface area contributed by atoms with E-state index in [1.54, 1.807) is 6.20 Å². The average molecular weight is 411 g/mol. The Kier molecular flexibility index (Phi) is 5.65. The zero-order valence-electron chi connectivity index (χ0n) is 18.0. The monoisotopic (exact) mass is 410 g/mol. The number of benzene rings is 1. The summed E-state index contributed by atoms with van der Waals surface area (Å²) in [5.41, 5.74) is 1.64. The van der Waals surface area contributed by atoms with Crippen molar-refractivity contribution >= 4 is 23.1 Å². The Bertz CT molecular complexity index is 989. The highest BCUT2D eigenvalue weighted by Gasteiger charge is 2.26. The van der Waals surface area contributed by atoms with Crippen molar-refractivity contribution in [3.05, 3.63) is 43.0 Å². The first-order valence-electron chi connectivity index (χ1n) is 10.5. The molecule has 0 saturated carbocycles. The number of amides is 1. The molecule has 1 amide bonds. The fourth-order valence-electron chi connectivity index (χ4n) is 3.79. The Hall–Kier alpha value is -3.03. The Morgan fingerprint density at radius 3 is 2.70 bits per heavy atom. The van der Waals surface area contributed by atoms with Gasteiger partial charge in [0.2, 0.25) is 5.95 Å². The van der Waals surface area contributed by atoms with Crippen LogP contribution in [0.5, 0.6) is 0 Å². The van der Waals surface area contributed by atoms with Crippen LogP contribution in [-0.4, -0.2) is 61.9 Å². The second-order valence-corrected chi connectivity index (χ2v) is 8.66. The number of ether oxygens (including phenoxy) is 1. The van der Waals surface area contributed by atoms with E-state index in [2.05, 4.69) is 31.2 Å². The first kappa shape index (κ1) is 20.3. The molecule has 1 aromatic carbocycles. The van der Waals surface area contributed by atoms with Crippen LogP contribution in [0, 0.1) is 0 Å². The first-order chi connectivity index (χ1) is 14.4. The summed E-state index contributed by atoms with van der Waals surface area (Å²) >= 11 is 0. The van der Waals surface area contributed by atoms with Gasteiger partial charge in [0.1, 0.15) is 5.60 Å². The summed E-state index contributed by atoms with van der Waals surface area (Å²) in [6, 6.07) is 8.24. The quantitative estimate of drug-likeness (QED) is 0.660. The molecule has 160 valence electrons. The highest BCUT2D eigenvalue weighted by molar-refractivity contribution is 5.79. The van der Waals surface area contributed by atoms with Crippen LogP contribution >= 0.6 is 0 Å². The summed E-state index contributed by atoms with van der Waals surface area (Å²) in [5, 5.41) is 0. The lowest BCUT2D eigenvalue weighted by Gasteiger charge is -2.27. The molecule has 1 aliphatic heterocycles. The van der Waals surface area contributed by atoms with Crippen LogP contribution in [0.2, 0.25) is 0 Å². The number of carbonyl (C=O) groups is 1. The first-order valence-corrected chi connectivity index (χ1v) is 10.5. The molecule has 30 heavy (non-hydrogen) atoms. The number of nitrogens with zero attached hydrogens (tertiary/aromatic N) is 6. The molecule has 0 spiro atoms. The summed E-state index contributed by atoms with van der Waals surface area (Å²) in [4.78, 5) is 25.7. The van der Waals surface area contributed by atoms with Gasteiger partial charge >= 0.3 is 6.09 Å². The van der Waals surface area contributed by atoms with Gasteiger partial charge in [-0.05, 0) is 39.3 Å². The number of aryl methyl sites for hydroxylation is 2. The maximum Gasteiger partial charge on any atom is 0.410 e. The maximum absolute atomic E-state index is 12.5. The van der Waals surface area contributed by atoms with Crippen molar-refractivity contribution in [1.29, 1.82) is 0 Å². The molecular weight excluding hydrogens is 380 g/mol. The molecule has 0 aliphatic carbocycles. The van der Waals surface area contributed by atoms with E-state index in [9.17, 15) is 4.79 Å². The van der Waals surface area contributed by atoms with Crippen molar-refractivity contribution in [2.45, 2.75) is 45.9 Å². The van der Waals surface area contributed by atoms with E-state index in [0.717, 1.165) is 49.6 Å². The van der Waals surface area contributed by atoms with Crippen molar-refractivity contribution in [3.63, 3.8) is 0 Å².